The van der Waals surface area contributed by atoms with Crippen molar-refractivity contribution in [3.05, 3.63) is 0 Å². The second kappa shape index (κ2) is 3.09. The van der Waals surface area contributed by atoms with Gasteiger partial charge in [0, 0.05) is 0 Å². The van der Waals surface area contributed by atoms with Gasteiger partial charge in [-0.05, 0) is 11.8 Å². The molecule has 4 heteroatoms. The lowest BCUT2D eigenvalue weighted by molar-refractivity contribution is -0.120. The molecule has 12 heavy (non-hydrogen) atoms. The van der Waals surface area contributed by atoms with E-state index in [0.29, 0.717) is 0 Å². The van der Waals surface area contributed by atoms with Crippen molar-refractivity contribution in [1.29, 1.82) is 0 Å². The van der Waals surface area contributed by atoms with Gasteiger partial charge >= 0.3 is 0 Å². The number of imide groups is 1. The number of hydrogen-bond donors (Lipinski definition) is 1. The van der Waals surface area contributed by atoms with E-state index in [2.05, 4.69) is 5.32 Å². The summed E-state index contributed by atoms with van der Waals surface area (Å²) in [4.78, 5) is 22.1. The summed E-state index contributed by atoms with van der Waals surface area (Å²) in [6, 6.07) is 0. The predicted molar refractivity (Wildman–Crippen MR) is 49.0 cm³/mol. The van der Waals surface area contributed by atoms with Gasteiger partial charge in [-0.3, -0.25) is 14.9 Å². The molecule has 1 fully saturated rings. The van der Waals surface area contributed by atoms with E-state index < -0.39 is 0 Å². The van der Waals surface area contributed by atoms with E-state index in [1.165, 1.54) is 0 Å². The molecule has 0 aromatic heterocycles. The Kier molecular flexibility index (Phi) is 2.46. The number of carbonyl (C=O) groups is 2. The van der Waals surface area contributed by atoms with E-state index in [4.69, 9.17) is 0 Å². The molecule has 1 rings (SSSR count). The van der Waals surface area contributed by atoms with Crippen LogP contribution >= 0.6 is 11.8 Å². The standard InChI is InChI=1S/C8H13NO2S/c1-4-8(2,3)5-6(10)9-7(11)12-5/h5H,4H2,1-3H3,(H,9,10,11). The third kappa shape index (κ3) is 1.63. The number of carbonyl (C=O) groups excluding carboxylic acids is 2. The maximum Gasteiger partial charge on any atom is 0.286 e. The Morgan fingerprint density at radius 1 is 1.50 bits per heavy atom. The van der Waals surface area contributed by atoms with Crippen LogP contribution in [0, 0.1) is 5.41 Å². The van der Waals surface area contributed by atoms with E-state index >= 15 is 0 Å². The molecule has 0 aromatic carbocycles. The summed E-state index contributed by atoms with van der Waals surface area (Å²) < 4.78 is 0. The molecule has 0 aliphatic carbocycles. The van der Waals surface area contributed by atoms with Crippen LogP contribution in [0.5, 0.6) is 0 Å². The Labute approximate surface area is 76.3 Å². The monoisotopic (exact) mass is 187 g/mol. The molecule has 1 atom stereocenters. The highest BCUT2D eigenvalue weighted by molar-refractivity contribution is 8.15. The Bertz CT molecular complexity index is 225. The molecule has 3 nitrogen and oxygen atoms in total. The van der Waals surface area contributed by atoms with Gasteiger partial charge in [0.15, 0.2) is 0 Å². The van der Waals surface area contributed by atoms with Crippen molar-refractivity contribution < 1.29 is 9.59 Å². The minimum absolute atomic E-state index is 0.0963. The number of rotatable bonds is 2. The normalized spacial score (nSPS) is 24.4. The minimum atomic E-state index is -0.216. The van der Waals surface area contributed by atoms with Crippen LogP contribution in [0.1, 0.15) is 27.2 Å². The molecule has 0 aromatic rings. The van der Waals surface area contributed by atoms with Crippen LogP contribution in [0.3, 0.4) is 0 Å². The molecule has 1 unspecified atom stereocenters. The fourth-order valence-corrected chi connectivity index (χ4v) is 2.08. The highest BCUT2D eigenvalue weighted by Gasteiger charge is 2.41. The van der Waals surface area contributed by atoms with Gasteiger partial charge in [-0.15, -0.1) is 0 Å². The van der Waals surface area contributed by atoms with Gasteiger partial charge in [0.1, 0.15) is 0 Å². The summed E-state index contributed by atoms with van der Waals surface area (Å²) >= 11 is 1.11. The lowest BCUT2D eigenvalue weighted by Crippen LogP contribution is -2.34. The molecule has 1 saturated heterocycles. The Morgan fingerprint density at radius 3 is 2.42 bits per heavy atom. The molecule has 1 aliphatic rings. The van der Waals surface area contributed by atoms with Gasteiger partial charge < -0.3 is 0 Å². The smallest absolute Gasteiger partial charge is 0.286 e. The molecule has 0 radical (unpaired) electrons. The second-order valence-electron chi connectivity index (χ2n) is 3.62. The van der Waals surface area contributed by atoms with Crippen LogP contribution < -0.4 is 5.32 Å². The second-order valence-corrected chi connectivity index (χ2v) is 4.69. The van der Waals surface area contributed by atoms with E-state index in [-0.39, 0.29) is 21.8 Å². The number of nitrogens with one attached hydrogen (secondary N) is 1. The summed E-state index contributed by atoms with van der Waals surface area (Å²) in [5, 5.41) is 1.86. The third-order valence-corrected chi connectivity index (χ3v) is 3.71. The molecular formula is C8H13NO2S. The zero-order valence-corrected chi connectivity index (χ0v) is 8.33. The molecule has 0 saturated carbocycles. The Balaban J connectivity index is 2.76. The molecule has 1 aliphatic heterocycles. The lowest BCUT2D eigenvalue weighted by atomic mass is 9.86. The van der Waals surface area contributed by atoms with Crippen molar-refractivity contribution in [2.24, 2.45) is 5.41 Å². The molecule has 2 amide bonds. The first-order valence-electron chi connectivity index (χ1n) is 3.99. The van der Waals surface area contributed by atoms with Crippen molar-refractivity contribution in [1.82, 2.24) is 5.32 Å². The minimum Gasteiger partial charge on any atom is -0.286 e. The van der Waals surface area contributed by atoms with Gasteiger partial charge in [0.2, 0.25) is 5.91 Å². The van der Waals surface area contributed by atoms with Crippen molar-refractivity contribution >= 4 is 22.9 Å². The van der Waals surface area contributed by atoms with Crippen LogP contribution in [0.2, 0.25) is 0 Å². The molecule has 68 valence electrons. The van der Waals surface area contributed by atoms with Gasteiger partial charge in [-0.1, -0.05) is 32.5 Å². The highest BCUT2D eigenvalue weighted by atomic mass is 32.2. The first-order valence-corrected chi connectivity index (χ1v) is 4.87. The average molecular weight is 187 g/mol. The van der Waals surface area contributed by atoms with Gasteiger partial charge in [-0.2, -0.15) is 0 Å². The quantitative estimate of drug-likeness (QED) is 0.716. The van der Waals surface area contributed by atoms with Crippen molar-refractivity contribution in [3.63, 3.8) is 0 Å². The Morgan fingerprint density at radius 2 is 2.08 bits per heavy atom. The highest BCUT2D eigenvalue weighted by Crippen LogP contribution is 2.37. The fourth-order valence-electron chi connectivity index (χ4n) is 1.06. The molecule has 0 spiro atoms. The fraction of sp³-hybridized carbons (Fsp3) is 0.750. The summed E-state index contributed by atoms with van der Waals surface area (Å²) in [5.41, 5.74) is -0.0963. The van der Waals surface area contributed by atoms with Crippen LogP contribution in [-0.2, 0) is 4.79 Å². The predicted octanol–water partition coefficient (Wildman–Crippen LogP) is 1.77. The van der Waals surface area contributed by atoms with Crippen LogP contribution in [-0.4, -0.2) is 16.4 Å². The summed E-state index contributed by atoms with van der Waals surface area (Å²) in [6.45, 7) is 6.03. The molecule has 0 bridgehead atoms. The zero-order chi connectivity index (χ0) is 9.35. The topological polar surface area (TPSA) is 46.2 Å². The summed E-state index contributed by atoms with van der Waals surface area (Å²) in [7, 11) is 0. The van der Waals surface area contributed by atoms with Crippen LogP contribution in [0.4, 0.5) is 4.79 Å². The van der Waals surface area contributed by atoms with E-state index in [1.807, 2.05) is 20.8 Å². The maximum atomic E-state index is 11.2. The van der Waals surface area contributed by atoms with Crippen LogP contribution in [0.25, 0.3) is 0 Å². The van der Waals surface area contributed by atoms with E-state index in [0.717, 1.165) is 18.2 Å². The summed E-state index contributed by atoms with van der Waals surface area (Å²) in [6.07, 6.45) is 0.894. The van der Waals surface area contributed by atoms with Gasteiger partial charge in [0.05, 0.1) is 5.25 Å². The van der Waals surface area contributed by atoms with Crippen molar-refractivity contribution in [3.8, 4) is 0 Å². The van der Waals surface area contributed by atoms with Crippen LogP contribution in [0.15, 0.2) is 0 Å². The largest absolute Gasteiger partial charge is 0.286 e. The first kappa shape index (κ1) is 9.58. The Hall–Kier alpha value is -0.510. The van der Waals surface area contributed by atoms with Gasteiger partial charge in [-0.25, -0.2) is 0 Å². The molecule has 1 heterocycles. The number of amides is 2. The molecule has 1 N–H and O–H groups in total. The molecular weight excluding hydrogens is 174 g/mol. The van der Waals surface area contributed by atoms with E-state index in [9.17, 15) is 9.59 Å². The zero-order valence-electron chi connectivity index (χ0n) is 7.51. The SMILES string of the molecule is CCC(C)(C)C1SC(=O)NC1=O. The van der Waals surface area contributed by atoms with Crippen molar-refractivity contribution in [2.75, 3.05) is 0 Å². The number of hydrogen-bond acceptors (Lipinski definition) is 3. The average Bonchev–Trinajstić information content (AvgIpc) is 2.31. The van der Waals surface area contributed by atoms with E-state index in [1.54, 1.807) is 0 Å². The summed E-state index contributed by atoms with van der Waals surface area (Å²) in [5.74, 6) is -0.142. The number of thioether (sulfide) groups is 1. The first-order chi connectivity index (χ1) is 5.47. The lowest BCUT2D eigenvalue weighted by Gasteiger charge is -2.26. The van der Waals surface area contributed by atoms with Crippen molar-refractivity contribution in [2.45, 2.75) is 32.4 Å². The van der Waals surface area contributed by atoms with Gasteiger partial charge in [0.25, 0.3) is 5.24 Å². The third-order valence-electron chi connectivity index (χ3n) is 2.31. The maximum absolute atomic E-state index is 11.2.